The largest absolute Gasteiger partial charge is 0.467 e. The van der Waals surface area contributed by atoms with Crippen molar-refractivity contribution in [3.8, 4) is 0 Å². The monoisotopic (exact) mass is 287 g/mol. The van der Waals surface area contributed by atoms with Crippen LogP contribution >= 0.6 is 0 Å². The molecule has 2 N–H and O–H groups in total. The predicted octanol–water partition coefficient (Wildman–Crippen LogP) is 0.810. The number of carbonyl (C=O) groups excluding carboxylic acids is 3. The fraction of sp³-hybridized carbons (Fsp3) is 0.786. The Balaban J connectivity index is 4.52. The lowest BCUT2D eigenvalue weighted by molar-refractivity contribution is -0.146. The topological polar surface area (TPSA) is 92.7 Å². The smallest absolute Gasteiger partial charge is 0.328 e. The van der Waals surface area contributed by atoms with Crippen LogP contribution in [0.4, 0.5) is 0 Å². The highest BCUT2D eigenvalue weighted by Crippen LogP contribution is 2.07. The zero-order chi connectivity index (χ0) is 15.7. The molecule has 0 spiro atoms. The summed E-state index contributed by atoms with van der Waals surface area (Å²) in [5.41, 5.74) is 0. The molecular formula is C14H25NO5. The number of ketones is 1. The summed E-state index contributed by atoms with van der Waals surface area (Å²) in [5, 5.41) is 12.1. The molecule has 0 saturated heterocycles. The predicted molar refractivity (Wildman–Crippen MR) is 73.9 cm³/mol. The zero-order valence-electron chi connectivity index (χ0n) is 12.6. The van der Waals surface area contributed by atoms with Crippen molar-refractivity contribution in [3.05, 3.63) is 0 Å². The highest BCUT2D eigenvalue weighted by atomic mass is 16.5. The minimum Gasteiger partial charge on any atom is -0.467 e. The fourth-order valence-corrected chi connectivity index (χ4v) is 1.69. The molecule has 0 bridgehead atoms. The lowest BCUT2D eigenvalue weighted by Crippen LogP contribution is -2.46. The number of hydrogen-bond acceptors (Lipinski definition) is 5. The van der Waals surface area contributed by atoms with E-state index in [1.807, 2.05) is 13.8 Å². The SMILES string of the molecule is CCC(=O)CC[C@@H](NC(=O)[C@@H](O)CC(C)C)C(=O)OC. The van der Waals surface area contributed by atoms with Gasteiger partial charge in [-0.1, -0.05) is 20.8 Å². The summed E-state index contributed by atoms with van der Waals surface area (Å²) in [6.45, 7) is 5.50. The van der Waals surface area contributed by atoms with Crippen molar-refractivity contribution in [1.29, 1.82) is 0 Å². The average molecular weight is 287 g/mol. The van der Waals surface area contributed by atoms with Crippen molar-refractivity contribution in [2.45, 2.75) is 58.6 Å². The van der Waals surface area contributed by atoms with Gasteiger partial charge < -0.3 is 15.2 Å². The van der Waals surface area contributed by atoms with E-state index in [1.165, 1.54) is 7.11 Å². The Morgan fingerprint density at radius 3 is 2.30 bits per heavy atom. The van der Waals surface area contributed by atoms with Gasteiger partial charge in [-0.2, -0.15) is 0 Å². The maximum absolute atomic E-state index is 11.8. The number of methoxy groups -OCH3 is 1. The molecule has 0 heterocycles. The first-order chi connectivity index (χ1) is 9.31. The first kappa shape index (κ1) is 18.6. The van der Waals surface area contributed by atoms with Crippen molar-refractivity contribution in [2.24, 2.45) is 5.92 Å². The van der Waals surface area contributed by atoms with Crippen molar-refractivity contribution < 1.29 is 24.2 Å². The van der Waals surface area contributed by atoms with Crippen molar-refractivity contribution in [2.75, 3.05) is 7.11 Å². The Hall–Kier alpha value is -1.43. The number of esters is 1. The summed E-state index contributed by atoms with van der Waals surface area (Å²) in [5.74, 6) is -1.05. The molecule has 2 atom stereocenters. The normalized spacial score (nSPS) is 13.7. The van der Waals surface area contributed by atoms with Crippen LogP contribution in [0.5, 0.6) is 0 Å². The van der Waals surface area contributed by atoms with Gasteiger partial charge in [-0.3, -0.25) is 9.59 Å². The quantitative estimate of drug-likeness (QED) is 0.612. The van der Waals surface area contributed by atoms with Crippen molar-refractivity contribution in [1.82, 2.24) is 5.32 Å². The van der Waals surface area contributed by atoms with E-state index in [2.05, 4.69) is 10.1 Å². The standard InChI is InChI=1S/C14H25NO5/c1-5-10(16)6-7-11(14(19)20-4)15-13(18)12(17)8-9(2)3/h9,11-12,17H,5-8H2,1-4H3,(H,15,18)/t11-,12+/m1/s1. The van der Waals surface area contributed by atoms with E-state index in [9.17, 15) is 19.5 Å². The van der Waals surface area contributed by atoms with E-state index in [4.69, 9.17) is 0 Å². The molecule has 0 fully saturated rings. The molecule has 0 saturated carbocycles. The molecular weight excluding hydrogens is 262 g/mol. The number of Topliss-reactive ketones (excluding diaryl/α,β-unsaturated/α-hetero) is 1. The Bertz CT molecular complexity index is 340. The van der Waals surface area contributed by atoms with Gasteiger partial charge >= 0.3 is 5.97 Å². The average Bonchev–Trinajstić information content (AvgIpc) is 2.40. The Morgan fingerprint density at radius 1 is 1.25 bits per heavy atom. The van der Waals surface area contributed by atoms with E-state index in [1.54, 1.807) is 6.92 Å². The summed E-state index contributed by atoms with van der Waals surface area (Å²) in [7, 11) is 1.22. The van der Waals surface area contributed by atoms with Gasteiger partial charge in [0.25, 0.3) is 0 Å². The van der Waals surface area contributed by atoms with Crippen LogP contribution in [-0.2, 0) is 19.1 Å². The molecule has 0 rings (SSSR count). The van der Waals surface area contributed by atoms with Crippen molar-refractivity contribution >= 4 is 17.7 Å². The highest BCUT2D eigenvalue weighted by molar-refractivity contribution is 5.87. The molecule has 0 aromatic carbocycles. The zero-order valence-corrected chi connectivity index (χ0v) is 12.6. The van der Waals surface area contributed by atoms with Gasteiger partial charge in [0.2, 0.25) is 5.91 Å². The minimum atomic E-state index is -1.16. The first-order valence-electron chi connectivity index (χ1n) is 6.89. The molecule has 1 amide bonds. The summed E-state index contributed by atoms with van der Waals surface area (Å²) in [4.78, 5) is 34.6. The Labute approximate surface area is 119 Å². The van der Waals surface area contributed by atoms with E-state index in [0.717, 1.165) is 0 Å². The second-order valence-corrected chi connectivity index (χ2v) is 5.16. The molecule has 0 aromatic rings. The molecule has 20 heavy (non-hydrogen) atoms. The molecule has 0 aliphatic rings. The van der Waals surface area contributed by atoms with Crippen LogP contribution in [-0.4, -0.2) is 42.0 Å². The van der Waals surface area contributed by atoms with E-state index in [-0.39, 0.29) is 24.5 Å². The Morgan fingerprint density at radius 2 is 1.85 bits per heavy atom. The summed E-state index contributed by atoms with van der Waals surface area (Å²) >= 11 is 0. The van der Waals surface area contributed by atoms with Crippen LogP contribution in [0.1, 0.15) is 46.5 Å². The van der Waals surface area contributed by atoms with Gasteiger partial charge in [-0.25, -0.2) is 4.79 Å². The number of ether oxygens (including phenoxy) is 1. The van der Waals surface area contributed by atoms with E-state index in [0.29, 0.717) is 12.8 Å². The summed E-state index contributed by atoms with van der Waals surface area (Å²) in [6.07, 6.45) is -0.0918. The van der Waals surface area contributed by atoms with Crippen LogP contribution in [0.3, 0.4) is 0 Å². The van der Waals surface area contributed by atoms with Crippen LogP contribution in [0, 0.1) is 5.92 Å². The fourth-order valence-electron chi connectivity index (χ4n) is 1.69. The molecule has 0 aliphatic carbocycles. The van der Waals surface area contributed by atoms with Gasteiger partial charge in [0, 0.05) is 12.8 Å². The summed E-state index contributed by atoms with van der Waals surface area (Å²) in [6, 6.07) is -0.898. The second kappa shape index (κ2) is 9.47. The number of carbonyl (C=O) groups is 3. The third-order valence-corrected chi connectivity index (χ3v) is 2.91. The van der Waals surface area contributed by atoms with Gasteiger partial charge in [-0.05, 0) is 18.8 Å². The van der Waals surface area contributed by atoms with E-state index >= 15 is 0 Å². The number of nitrogens with one attached hydrogen (secondary N) is 1. The lowest BCUT2D eigenvalue weighted by atomic mass is 10.0. The molecule has 0 aromatic heterocycles. The lowest BCUT2D eigenvalue weighted by Gasteiger charge is -2.19. The number of amides is 1. The van der Waals surface area contributed by atoms with Crippen molar-refractivity contribution in [3.63, 3.8) is 0 Å². The van der Waals surface area contributed by atoms with E-state index < -0.39 is 24.0 Å². The maximum Gasteiger partial charge on any atom is 0.328 e. The summed E-state index contributed by atoms with van der Waals surface area (Å²) < 4.78 is 4.59. The van der Waals surface area contributed by atoms with Gasteiger partial charge in [0.15, 0.2) is 0 Å². The molecule has 0 aliphatic heterocycles. The molecule has 116 valence electrons. The molecule has 6 nitrogen and oxygen atoms in total. The highest BCUT2D eigenvalue weighted by Gasteiger charge is 2.25. The number of aliphatic hydroxyl groups excluding tert-OH is 1. The Kier molecular flexibility index (Phi) is 8.79. The van der Waals surface area contributed by atoms with Crippen LogP contribution in [0.15, 0.2) is 0 Å². The number of hydrogen-bond donors (Lipinski definition) is 2. The minimum absolute atomic E-state index is 0.0101. The second-order valence-electron chi connectivity index (χ2n) is 5.16. The number of aliphatic hydroxyl groups is 1. The third-order valence-electron chi connectivity index (χ3n) is 2.91. The van der Waals surface area contributed by atoms with Gasteiger partial charge in [0.05, 0.1) is 7.11 Å². The first-order valence-corrected chi connectivity index (χ1v) is 6.89. The number of rotatable bonds is 9. The van der Waals surface area contributed by atoms with Crippen LogP contribution in [0.2, 0.25) is 0 Å². The molecule has 0 radical (unpaired) electrons. The molecule has 6 heteroatoms. The molecule has 0 unspecified atom stereocenters. The van der Waals surface area contributed by atoms with Crippen LogP contribution in [0.25, 0.3) is 0 Å². The maximum atomic E-state index is 11.8. The third kappa shape index (κ3) is 7.23. The van der Waals surface area contributed by atoms with Gasteiger partial charge in [0.1, 0.15) is 17.9 Å². The van der Waals surface area contributed by atoms with Gasteiger partial charge in [-0.15, -0.1) is 0 Å². The van der Waals surface area contributed by atoms with Crippen LogP contribution < -0.4 is 5.32 Å².